The minimum absolute atomic E-state index is 0.113. The first-order valence-electron chi connectivity index (χ1n) is 7.54. The van der Waals surface area contributed by atoms with Crippen LogP contribution in [-0.4, -0.2) is 24.8 Å². The maximum atomic E-state index is 11.7. The first kappa shape index (κ1) is 15.0. The maximum absolute atomic E-state index is 11.7. The number of hydrogen-bond donors (Lipinski definition) is 0. The van der Waals surface area contributed by atoms with Crippen LogP contribution in [0.5, 0.6) is 0 Å². The summed E-state index contributed by atoms with van der Waals surface area (Å²) in [5.41, 5.74) is 0.599. The summed E-state index contributed by atoms with van der Waals surface area (Å²) in [6.45, 7) is 4.88. The SMILES string of the molecule is CC(C)CCCC[C@H]1O[C@H]1COC(=O)c1ccccc1. The Labute approximate surface area is 121 Å². The number of esters is 1. The van der Waals surface area contributed by atoms with Crippen molar-refractivity contribution in [2.24, 2.45) is 5.92 Å². The van der Waals surface area contributed by atoms with Gasteiger partial charge in [-0.3, -0.25) is 0 Å². The van der Waals surface area contributed by atoms with Gasteiger partial charge in [0, 0.05) is 0 Å². The first-order valence-corrected chi connectivity index (χ1v) is 7.54. The van der Waals surface area contributed by atoms with Crippen LogP contribution in [0.1, 0.15) is 49.9 Å². The van der Waals surface area contributed by atoms with Crippen molar-refractivity contribution in [3.8, 4) is 0 Å². The molecule has 3 nitrogen and oxygen atoms in total. The Bertz CT molecular complexity index is 414. The molecule has 0 bridgehead atoms. The van der Waals surface area contributed by atoms with E-state index in [9.17, 15) is 4.79 Å². The third-order valence-electron chi connectivity index (χ3n) is 3.60. The van der Waals surface area contributed by atoms with E-state index in [2.05, 4.69) is 13.8 Å². The lowest BCUT2D eigenvalue weighted by Gasteiger charge is -2.03. The van der Waals surface area contributed by atoms with Crippen LogP contribution in [0.3, 0.4) is 0 Å². The number of carbonyl (C=O) groups excluding carboxylic acids is 1. The fourth-order valence-electron chi connectivity index (χ4n) is 2.29. The van der Waals surface area contributed by atoms with Crippen molar-refractivity contribution >= 4 is 5.97 Å². The molecule has 0 aliphatic carbocycles. The highest BCUT2D eigenvalue weighted by Crippen LogP contribution is 2.28. The molecule has 2 atom stereocenters. The van der Waals surface area contributed by atoms with Crippen LogP contribution in [0, 0.1) is 5.92 Å². The monoisotopic (exact) mass is 276 g/mol. The van der Waals surface area contributed by atoms with E-state index >= 15 is 0 Å². The highest BCUT2D eigenvalue weighted by molar-refractivity contribution is 5.89. The molecular formula is C17H24O3. The van der Waals surface area contributed by atoms with Gasteiger partial charge in [-0.1, -0.05) is 51.3 Å². The van der Waals surface area contributed by atoms with Crippen molar-refractivity contribution in [3.05, 3.63) is 35.9 Å². The van der Waals surface area contributed by atoms with Crippen molar-refractivity contribution in [3.63, 3.8) is 0 Å². The van der Waals surface area contributed by atoms with Crippen molar-refractivity contribution in [1.82, 2.24) is 0 Å². The van der Waals surface area contributed by atoms with Gasteiger partial charge in [0.2, 0.25) is 0 Å². The predicted octanol–water partition coefficient (Wildman–Crippen LogP) is 3.83. The standard InChI is InChI=1S/C17H24O3/c1-13(2)8-6-7-11-15-16(20-15)12-19-17(18)14-9-4-3-5-10-14/h3-5,9-10,13,15-16H,6-8,11-12H2,1-2H3/t15-,16+/m1/s1. The maximum Gasteiger partial charge on any atom is 0.338 e. The third-order valence-corrected chi connectivity index (χ3v) is 3.60. The van der Waals surface area contributed by atoms with Crippen LogP contribution in [0.25, 0.3) is 0 Å². The number of hydrogen-bond acceptors (Lipinski definition) is 3. The van der Waals surface area contributed by atoms with Crippen molar-refractivity contribution < 1.29 is 14.3 Å². The van der Waals surface area contributed by atoms with Crippen LogP contribution >= 0.6 is 0 Å². The summed E-state index contributed by atoms with van der Waals surface area (Å²) < 4.78 is 10.8. The summed E-state index contributed by atoms with van der Waals surface area (Å²) in [6, 6.07) is 9.08. The quantitative estimate of drug-likeness (QED) is 0.411. The molecule has 1 aromatic carbocycles. The summed E-state index contributed by atoms with van der Waals surface area (Å²) in [4.78, 5) is 11.7. The Morgan fingerprint density at radius 3 is 2.65 bits per heavy atom. The number of unbranched alkanes of at least 4 members (excludes halogenated alkanes) is 1. The first-order chi connectivity index (χ1) is 9.66. The lowest BCUT2D eigenvalue weighted by Crippen LogP contribution is -2.11. The highest BCUT2D eigenvalue weighted by Gasteiger charge is 2.39. The van der Waals surface area contributed by atoms with Gasteiger partial charge in [-0.25, -0.2) is 4.79 Å². The van der Waals surface area contributed by atoms with E-state index in [0.29, 0.717) is 18.3 Å². The minimum atomic E-state index is -0.264. The van der Waals surface area contributed by atoms with Gasteiger partial charge < -0.3 is 9.47 Å². The molecule has 0 aromatic heterocycles. The topological polar surface area (TPSA) is 38.8 Å². The lowest BCUT2D eigenvalue weighted by molar-refractivity contribution is 0.0476. The summed E-state index contributed by atoms with van der Waals surface area (Å²) in [5.74, 6) is 0.511. The Morgan fingerprint density at radius 2 is 1.95 bits per heavy atom. The molecule has 0 saturated carbocycles. The van der Waals surface area contributed by atoms with Crippen LogP contribution in [-0.2, 0) is 9.47 Å². The van der Waals surface area contributed by atoms with Gasteiger partial charge in [-0.15, -0.1) is 0 Å². The molecule has 1 aliphatic rings. The molecular weight excluding hydrogens is 252 g/mol. The zero-order chi connectivity index (χ0) is 14.4. The van der Waals surface area contributed by atoms with E-state index in [1.54, 1.807) is 12.1 Å². The van der Waals surface area contributed by atoms with Crippen LogP contribution in [0.15, 0.2) is 30.3 Å². The number of rotatable bonds is 8. The Balaban J connectivity index is 1.57. The second kappa shape index (κ2) is 7.44. The van der Waals surface area contributed by atoms with Crippen molar-refractivity contribution in [2.75, 3.05) is 6.61 Å². The van der Waals surface area contributed by atoms with Gasteiger partial charge in [0.1, 0.15) is 12.7 Å². The van der Waals surface area contributed by atoms with Gasteiger partial charge in [0.25, 0.3) is 0 Å². The summed E-state index contributed by atoms with van der Waals surface area (Å²) in [5, 5.41) is 0. The number of ether oxygens (including phenoxy) is 2. The van der Waals surface area contributed by atoms with Crippen LogP contribution in [0.4, 0.5) is 0 Å². The van der Waals surface area contributed by atoms with Gasteiger partial charge in [0.15, 0.2) is 0 Å². The van der Waals surface area contributed by atoms with Crippen LogP contribution < -0.4 is 0 Å². The minimum Gasteiger partial charge on any atom is -0.459 e. The van der Waals surface area contributed by atoms with Crippen molar-refractivity contribution in [2.45, 2.75) is 51.7 Å². The molecule has 1 heterocycles. The van der Waals surface area contributed by atoms with Gasteiger partial charge in [0.05, 0.1) is 11.7 Å². The lowest BCUT2D eigenvalue weighted by atomic mass is 10.0. The Morgan fingerprint density at radius 1 is 1.20 bits per heavy atom. The van der Waals surface area contributed by atoms with E-state index < -0.39 is 0 Å². The van der Waals surface area contributed by atoms with E-state index in [1.807, 2.05) is 18.2 Å². The van der Waals surface area contributed by atoms with E-state index in [1.165, 1.54) is 19.3 Å². The average molecular weight is 276 g/mol. The van der Waals surface area contributed by atoms with Gasteiger partial charge in [-0.2, -0.15) is 0 Å². The zero-order valence-corrected chi connectivity index (χ0v) is 12.4. The normalized spacial score (nSPS) is 20.9. The fraction of sp³-hybridized carbons (Fsp3) is 0.588. The van der Waals surface area contributed by atoms with E-state index in [0.717, 1.165) is 12.3 Å². The van der Waals surface area contributed by atoms with Gasteiger partial charge >= 0.3 is 5.97 Å². The number of carbonyl (C=O) groups is 1. The molecule has 2 rings (SSSR count). The average Bonchev–Trinajstić information content (AvgIpc) is 3.20. The number of benzene rings is 1. The predicted molar refractivity (Wildman–Crippen MR) is 78.7 cm³/mol. The smallest absolute Gasteiger partial charge is 0.338 e. The molecule has 3 heteroatoms. The number of epoxide rings is 1. The fourth-order valence-corrected chi connectivity index (χ4v) is 2.29. The summed E-state index contributed by atoms with van der Waals surface area (Å²) >= 11 is 0. The van der Waals surface area contributed by atoms with Gasteiger partial charge in [-0.05, 0) is 24.5 Å². The molecule has 0 spiro atoms. The second-order valence-corrected chi connectivity index (χ2v) is 5.86. The Hall–Kier alpha value is -1.35. The molecule has 0 amide bonds. The summed E-state index contributed by atoms with van der Waals surface area (Å²) in [7, 11) is 0. The molecule has 1 fully saturated rings. The second-order valence-electron chi connectivity index (χ2n) is 5.86. The molecule has 0 unspecified atom stereocenters. The van der Waals surface area contributed by atoms with E-state index in [4.69, 9.17) is 9.47 Å². The summed E-state index contributed by atoms with van der Waals surface area (Å²) in [6.07, 6.45) is 5.23. The zero-order valence-electron chi connectivity index (χ0n) is 12.4. The van der Waals surface area contributed by atoms with Crippen LogP contribution in [0.2, 0.25) is 0 Å². The molecule has 0 radical (unpaired) electrons. The Kier molecular flexibility index (Phi) is 5.60. The highest BCUT2D eigenvalue weighted by atomic mass is 16.6. The molecule has 1 aromatic rings. The molecule has 0 N–H and O–H groups in total. The molecule has 20 heavy (non-hydrogen) atoms. The van der Waals surface area contributed by atoms with Crippen molar-refractivity contribution in [1.29, 1.82) is 0 Å². The largest absolute Gasteiger partial charge is 0.459 e. The molecule has 1 saturated heterocycles. The third kappa shape index (κ3) is 4.97. The molecule has 1 aliphatic heterocycles. The van der Waals surface area contributed by atoms with E-state index in [-0.39, 0.29) is 12.1 Å². The molecule has 110 valence electrons.